The molecule has 0 aliphatic rings. The highest BCUT2D eigenvalue weighted by atomic mass is 32.1. The standard InChI is InChI=1S/C13H13N3OS/c1-10-7-8-18-12(10)9-14-16-13(17)15-11-5-3-2-4-6-11/h2-9H,1H3,(H2,15,16,17)/b14-9+. The van der Waals surface area contributed by atoms with E-state index in [-0.39, 0.29) is 6.03 Å². The maximum absolute atomic E-state index is 11.5. The summed E-state index contributed by atoms with van der Waals surface area (Å²) in [6, 6.07) is 10.9. The predicted octanol–water partition coefficient (Wildman–Crippen LogP) is 3.21. The molecule has 2 rings (SSSR count). The minimum atomic E-state index is -0.355. The Morgan fingerprint density at radius 2 is 2.06 bits per heavy atom. The van der Waals surface area contributed by atoms with Gasteiger partial charge in [0.25, 0.3) is 0 Å². The van der Waals surface area contributed by atoms with E-state index in [2.05, 4.69) is 15.8 Å². The van der Waals surface area contributed by atoms with Crippen LogP contribution in [0.5, 0.6) is 0 Å². The molecule has 0 aliphatic heterocycles. The van der Waals surface area contributed by atoms with Crippen LogP contribution < -0.4 is 10.7 Å². The fourth-order valence-corrected chi connectivity index (χ4v) is 2.13. The summed E-state index contributed by atoms with van der Waals surface area (Å²) in [5, 5.41) is 8.56. The molecule has 0 bridgehead atoms. The molecule has 0 fully saturated rings. The third-order valence-corrected chi connectivity index (χ3v) is 3.23. The number of nitrogens with zero attached hydrogens (tertiary/aromatic N) is 1. The number of aryl methyl sites for hydroxylation is 1. The summed E-state index contributed by atoms with van der Waals surface area (Å²) in [7, 11) is 0. The second-order valence-corrected chi connectivity index (χ2v) is 4.61. The van der Waals surface area contributed by atoms with Gasteiger partial charge in [-0.15, -0.1) is 11.3 Å². The number of carbonyl (C=O) groups is 1. The van der Waals surface area contributed by atoms with E-state index in [0.717, 1.165) is 16.1 Å². The third kappa shape index (κ3) is 3.43. The molecule has 0 radical (unpaired) electrons. The highest BCUT2D eigenvalue weighted by molar-refractivity contribution is 7.11. The molecule has 1 aromatic heterocycles. The van der Waals surface area contributed by atoms with Crippen molar-refractivity contribution >= 4 is 29.3 Å². The van der Waals surface area contributed by atoms with Crippen LogP contribution in [0.15, 0.2) is 46.9 Å². The number of benzene rings is 1. The first-order chi connectivity index (χ1) is 8.75. The van der Waals surface area contributed by atoms with Crippen molar-refractivity contribution in [3.8, 4) is 0 Å². The van der Waals surface area contributed by atoms with Crippen molar-refractivity contribution < 1.29 is 4.79 Å². The largest absolute Gasteiger partial charge is 0.339 e. The van der Waals surface area contributed by atoms with Crippen LogP contribution in [0.25, 0.3) is 0 Å². The van der Waals surface area contributed by atoms with Crippen molar-refractivity contribution in [2.75, 3.05) is 5.32 Å². The van der Waals surface area contributed by atoms with Gasteiger partial charge in [-0.05, 0) is 36.1 Å². The summed E-state index contributed by atoms with van der Waals surface area (Å²) >= 11 is 1.58. The molecule has 2 amide bonds. The van der Waals surface area contributed by atoms with Gasteiger partial charge in [0.2, 0.25) is 0 Å². The van der Waals surface area contributed by atoms with Gasteiger partial charge in [-0.2, -0.15) is 5.10 Å². The van der Waals surface area contributed by atoms with Crippen molar-refractivity contribution in [2.24, 2.45) is 5.10 Å². The van der Waals surface area contributed by atoms with E-state index in [9.17, 15) is 4.79 Å². The Morgan fingerprint density at radius 3 is 2.72 bits per heavy atom. The van der Waals surface area contributed by atoms with Crippen LogP contribution >= 0.6 is 11.3 Å². The van der Waals surface area contributed by atoms with E-state index in [4.69, 9.17) is 0 Å². The lowest BCUT2D eigenvalue weighted by molar-refractivity contribution is 0.252. The zero-order valence-electron chi connectivity index (χ0n) is 9.88. The molecule has 0 aliphatic carbocycles. The molecule has 18 heavy (non-hydrogen) atoms. The number of carbonyl (C=O) groups excluding carboxylic acids is 1. The van der Waals surface area contributed by atoms with Crippen LogP contribution in [0.1, 0.15) is 10.4 Å². The van der Waals surface area contributed by atoms with Crippen LogP contribution in [-0.4, -0.2) is 12.2 Å². The van der Waals surface area contributed by atoms with Crippen molar-refractivity contribution in [1.82, 2.24) is 5.43 Å². The monoisotopic (exact) mass is 259 g/mol. The Bertz CT molecular complexity index is 548. The van der Waals surface area contributed by atoms with Crippen LogP contribution in [0.3, 0.4) is 0 Å². The number of urea groups is 1. The Morgan fingerprint density at radius 1 is 1.28 bits per heavy atom. The van der Waals surface area contributed by atoms with Crippen molar-refractivity contribution in [3.63, 3.8) is 0 Å². The lowest BCUT2D eigenvalue weighted by atomic mass is 10.3. The second kappa shape index (κ2) is 5.97. The zero-order chi connectivity index (χ0) is 12.8. The lowest BCUT2D eigenvalue weighted by Crippen LogP contribution is -2.24. The van der Waals surface area contributed by atoms with Crippen molar-refractivity contribution in [2.45, 2.75) is 6.92 Å². The number of para-hydroxylation sites is 1. The summed E-state index contributed by atoms with van der Waals surface area (Å²) in [5.41, 5.74) is 4.30. The molecule has 92 valence electrons. The molecule has 0 saturated heterocycles. The molecule has 0 atom stereocenters. The maximum atomic E-state index is 11.5. The summed E-state index contributed by atoms with van der Waals surface area (Å²) in [4.78, 5) is 12.5. The fraction of sp³-hybridized carbons (Fsp3) is 0.0769. The third-order valence-electron chi connectivity index (χ3n) is 2.28. The SMILES string of the molecule is Cc1ccsc1/C=N/NC(=O)Nc1ccccc1. The predicted molar refractivity (Wildman–Crippen MR) is 75.2 cm³/mol. The molecule has 5 heteroatoms. The summed E-state index contributed by atoms with van der Waals surface area (Å²) < 4.78 is 0. The second-order valence-electron chi connectivity index (χ2n) is 3.66. The quantitative estimate of drug-likeness (QED) is 0.645. The fourth-order valence-electron chi connectivity index (χ4n) is 1.35. The van der Waals surface area contributed by atoms with E-state index < -0.39 is 0 Å². The van der Waals surface area contributed by atoms with Gasteiger partial charge in [0.15, 0.2) is 0 Å². The Balaban J connectivity index is 1.86. The van der Waals surface area contributed by atoms with Crippen molar-refractivity contribution in [1.29, 1.82) is 0 Å². The van der Waals surface area contributed by atoms with Gasteiger partial charge >= 0.3 is 6.03 Å². The van der Waals surface area contributed by atoms with Crippen molar-refractivity contribution in [3.05, 3.63) is 52.2 Å². The molecule has 4 nitrogen and oxygen atoms in total. The topological polar surface area (TPSA) is 53.5 Å². The first-order valence-corrected chi connectivity index (χ1v) is 6.33. The zero-order valence-corrected chi connectivity index (χ0v) is 10.7. The lowest BCUT2D eigenvalue weighted by Gasteiger charge is -2.02. The number of rotatable bonds is 3. The summed E-state index contributed by atoms with van der Waals surface area (Å²) in [5.74, 6) is 0. The maximum Gasteiger partial charge on any atom is 0.339 e. The summed E-state index contributed by atoms with van der Waals surface area (Å²) in [6.07, 6.45) is 1.64. The van der Waals surface area contributed by atoms with Crippen LogP contribution in [-0.2, 0) is 0 Å². The van der Waals surface area contributed by atoms with Crippen LogP contribution in [0.4, 0.5) is 10.5 Å². The first kappa shape index (κ1) is 12.3. The van der Waals surface area contributed by atoms with E-state index >= 15 is 0 Å². The van der Waals surface area contributed by atoms with Gasteiger partial charge in [0.05, 0.1) is 6.21 Å². The summed E-state index contributed by atoms with van der Waals surface area (Å²) in [6.45, 7) is 2.00. The van der Waals surface area contributed by atoms with E-state index in [1.165, 1.54) is 0 Å². The number of hydrazone groups is 1. The average molecular weight is 259 g/mol. The number of hydrogen-bond donors (Lipinski definition) is 2. The molecule has 1 heterocycles. The number of hydrogen-bond acceptors (Lipinski definition) is 3. The molecular formula is C13H13N3OS. The highest BCUT2D eigenvalue weighted by Gasteiger charge is 1.99. The molecular weight excluding hydrogens is 246 g/mol. The van der Waals surface area contributed by atoms with Gasteiger partial charge in [-0.1, -0.05) is 18.2 Å². The Hall–Kier alpha value is -2.14. The van der Waals surface area contributed by atoms with Crippen LogP contribution in [0, 0.1) is 6.92 Å². The number of amides is 2. The van der Waals surface area contributed by atoms with Gasteiger partial charge in [-0.25, -0.2) is 10.2 Å². The van der Waals surface area contributed by atoms with Gasteiger partial charge < -0.3 is 5.32 Å². The molecule has 0 unspecified atom stereocenters. The first-order valence-electron chi connectivity index (χ1n) is 5.45. The smallest absolute Gasteiger partial charge is 0.307 e. The molecule has 2 N–H and O–H groups in total. The highest BCUT2D eigenvalue weighted by Crippen LogP contribution is 2.12. The van der Waals surface area contributed by atoms with Crippen LogP contribution in [0.2, 0.25) is 0 Å². The Labute approximate surface area is 109 Å². The molecule has 2 aromatic rings. The average Bonchev–Trinajstić information content (AvgIpc) is 2.76. The number of thiophene rings is 1. The van der Waals surface area contributed by atoms with Gasteiger partial charge in [0, 0.05) is 10.6 Å². The minimum absolute atomic E-state index is 0.355. The molecule has 0 spiro atoms. The molecule has 1 aromatic carbocycles. The minimum Gasteiger partial charge on any atom is -0.307 e. The van der Waals surface area contributed by atoms with E-state index in [1.807, 2.05) is 48.7 Å². The molecule has 0 saturated carbocycles. The normalized spacial score (nSPS) is 10.5. The van der Waals surface area contributed by atoms with E-state index in [1.54, 1.807) is 17.6 Å². The Kier molecular flexibility index (Phi) is 4.09. The van der Waals surface area contributed by atoms with Gasteiger partial charge in [0.1, 0.15) is 0 Å². The number of anilines is 1. The van der Waals surface area contributed by atoms with Gasteiger partial charge in [-0.3, -0.25) is 0 Å². The number of nitrogens with one attached hydrogen (secondary N) is 2. The van der Waals surface area contributed by atoms with E-state index in [0.29, 0.717) is 0 Å².